The van der Waals surface area contributed by atoms with Gasteiger partial charge in [0.1, 0.15) is 0 Å². The van der Waals surface area contributed by atoms with Crippen molar-refractivity contribution in [3.63, 3.8) is 0 Å². The molecule has 1 heterocycles. The maximum Gasteiger partial charge on any atom is 0.211 e. The van der Waals surface area contributed by atoms with Crippen LogP contribution in [0.2, 0.25) is 0 Å². The highest BCUT2D eigenvalue weighted by Crippen LogP contribution is 2.51. The molecule has 2 rings (SSSR count). The Morgan fingerprint density at radius 2 is 1.92 bits per heavy atom. The standard InChI is InChI=1S/C7H13NO3S/c1-12(10,11)8-2-5-6(3-8)7(5)4-9/h5-7,9H,2-4H2,1H3/t5-,6+,7?. The number of sulfonamides is 1. The fourth-order valence-electron chi connectivity index (χ4n) is 2.15. The second kappa shape index (κ2) is 2.43. The van der Waals surface area contributed by atoms with Gasteiger partial charge in [0.25, 0.3) is 0 Å². The van der Waals surface area contributed by atoms with Crippen LogP contribution in [0.25, 0.3) is 0 Å². The predicted molar refractivity (Wildman–Crippen MR) is 44.0 cm³/mol. The van der Waals surface area contributed by atoms with Crippen LogP contribution in [0, 0.1) is 17.8 Å². The third-order valence-corrected chi connectivity index (χ3v) is 4.25. The lowest BCUT2D eigenvalue weighted by Gasteiger charge is -2.15. The lowest BCUT2D eigenvalue weighted by atomic mass is 10.3. The molecule has 0 aromatic carbocycles. The second-order valence-electron chi connectivity index (χ2n) is 3.75. The highest BCUT2D eigenvalue weighted by Gasteiger charge is 2.56. The fourth-order valence-corrected chi connectivity index (χ4v) is 3.04. The van der Waals surface area contributed by atoms with E-state index in [4.69, 9.17) is 5.11 Å². The van der Waals surface area contributed by atoms with Crippen LogP contribution in [0.3, 0.4) is 0 Å². The second-order valence-corrected chi connectivity index (χ2v) is 5.74. The summed E-state index contributed by atoms with van der Waals surface area (Å²) in [6.07, 6.45) is 1.24. The number of hydrogen-bond acceptors (Lipinski definition) is 3. The van der Waals surface area contributed by atoms with Crippen LogP contribution in [0.5, 0.6) is 0 Å². The van der Waals surface area contributed by atoms with Gasteiger partial charge in [-0.2, -0.15) is 0 Å². The van der Waals surface area contributed by atoms with Crippen molar-refractivity contribution in [3.8, 4) is 0 Å². The quantitative estimate of drug-likeness (QED) is 0.616. The third-order valence-electron chi connectivity index (χ3n) is 3.02. The van der Waals surface area contributed by atoms with Crippen LogP contribution in [0.4, 0.5) is 0 Å². The molecule has 0 spiro atoms. The van der Waals surface area contributed by atoms with Crippen molar-refractivity contribution in [2.75, 3.05) is 26.0 Å². The van der Waals surface area contributed by atoms with E-state index in [1.807, 2.05) is 0 Å². The summed E-state index contributed by atoms with van der Waals surface area (Å²) in [5, 5.41) is 8.83. The first kappa shape index (κ1) is 8.47. The highest BCUT2D eigenvalue weighted by atomic mass is 32.2. The van der Waals surface area contributed by atoms with Crippen molar-refractivity contribution in [1.29, 1.82) is 0 Å². The SMILES string of the molecule is CS(=O)(=O)N1C[C@@H]2C(CO)[C@@H]2C1. The number of nitrogens with zero attached hydrogens (tertiary/aromatic N) is 1. The molecule has 12 heavy (non-hydrogen) atoms. The molecule has 1 aliphatic heterocycles. The summed E-state index contributed by atoms with van der Waals surface area (Å²) >= 11 is 0. The number of piperidine rings is 1. The van der Waals surface area contributed by atoms with Gasteiger partial charge >= 0.3 is 0 Å². The van der Waals surface area contributed by atoms with E-state index < -0.39 is 10.0 Å². The van der Waals surface area contributed by atoms with E-state index in [0.29, 0.717) is 30.8 Å². The largest absolute Gasteiger partial charge is 0.396 e. The summed E-state index contributed by atoms with van der Waals surface area (Å²) < 4.78 is 23.6. The molecule has 0 radical (unpaired) electrons. The number of rotatable bonds is 2. The minimum Gasteiger partial charge on any atom is -0.396 e. The van der Waals surface area contributed by atoms with Crippen molar-refractivity contribution >= 4 is 10.0 Å². The van der Waals surface area contributed by atoms with Crippen LogP contribution in [0.15, 0.2) is 0 Å². The predicted octanol–water partition coefficient (Wildman–Crippen LogP) is -0.884. The van der Waals surface area contributed by atoms with Gasteiger partial charge in [-0.3, -0.25) is 0 Å². The first-order valence-corrected chi connectivity index (χ1v) is 5.95. The molecule has 0 aromatic rings. The Morgan fingerprint density at radius 1 is 1.42 bits per heavy atom. The molecule has 1 aliphatic carbocycles. The van der Waals surface area contributed by atoms with E-state index >= 15 is 0 Å². The molecular formula is C7H13NO3S. The molecule has 4 nitrogen and oxygen atoms in total. The maximum atomic E-state index is 11.1. The molecule has 5 heteroatoms. The fraction of sp³-hybridized carbons (Fsp3) is 1.00. The summed E-state index contributed by atoms with van der Waals surface area (Å²) in [7, 11) is -2.98. The average molecular weight is 191 g/mol. The van der Waals surface area contributed by atoms with Gasteiger partial charge in [0, 0.05) is 19.7 Å². The molecule has 0 aromatic heterocycles. The Kier molecular flexibility index (Phi) is 1.72. The molecule has 1 saturated carbocycles. The smallest absolute Gasteiger partial charge is 0.211 e. The van der Waals surface area contributed by atoms with Crippen LogP contribution < -0.4 is 0 Å². The zero-order valence-electron chi connectivity index (χ0n) is 6.97. The first-order valence-electron chi connectivity index (χ1n) is 4.10. The zero-order valence-corrected chi connectivity index (χ0v) is 7.79. The van der Waals surface area contributed by atoms with Gasteiger partial charge in [0.05, 0.1) is 6.26 Å². The van der Waals surface area contributed by atoms with E-state index in [9.17, 15) is 8.42 Å². The van der Waals surface area contributed by atoms with E-state index in [-0.39, 0.29) is 6.61 Å². The molecular weight excluding hydrogens is 178 g/mol. The van der Waals surface area contributed by atoms with E-state index in [0.717, 1.165) is 0 Å². The van der Waals surface area contributed by atoms with Crippen molar-refractivity contribution in [3.05, 3.63) is 0 Å². The van der Waals surface area contributed by atoms with E-state index in [1.54, 1.807) is 0 Å². The van der Waals surface area contributed by atoms with Crippen molar-refractivity contribution < 1.29 is 13.5 Å². The zero-order chi connectivity index (χ0) is 8.93. The molecule has 2 aliphatic rings. The molecule has 70 valence electrons. The maximum absolute atomic E-state index is 11.1. The number of hydrogen-bond donors (Lipinski definition) is 1. The lowest BCUT2D eigenvalue weighted by molar-refractivity contribution is 0.247. The number of fused-ring (bicyclic) bond motifs is 1. The average Bonchev–Trinajstić information content (AvgIpc) is 2.39. The van der Waals surface area contributed by atoms with Gasteiger partial charge in [-0.15, -0.1) is 0 Å². The van der Waals surface area contributed by atoms with E-state index in [1.165, 1.54) is 10.6 Å². The van der Waals surface area contributed by atoms with Crippen molar-refractivity contribution in [2.45, 2.75) is 0 Å². The van der Waals surface area contributed by atoms with E-state index in [2.05, 4.69) is 0 Å². The monoisotopic (exact) mass is 191 g/mol. The Morgan fingerprint density at radius 3 is 2.25 bits per heavy atom. The molecule has 1 N–H and O–H groups in total. The lowest BCUT2D eigenvalue weighted by Crippen LogP contribution is -2.30. The van der Waals surface area contributed by atoms with Gasteiger partial charge in [-0.1, -0.05) is 0 Å². The topological polar surface area (TPSA) is 57.6 Å². The molecule has 3 atom stereocenters. The molecule has 1 saturated heterocycles. The summed E-state index contributed by atoms with van der Waals surface area (Å²) in [6, 6.07) is 0. The van der Waals surface area contributed by atoms with Crippen LogP contribution in [0.1, 0.15) is 0 Å². The molecule has 2 fully saturated rings. The summed E-state index contributed by atoms with van der Waals surface area (Å²) in [4.78, 5) is 0. The molecule has 1 unspecified atom stereocenters. The Balaban J connectivity index is 1.99. The van der Waals surface area contributed by atoms with Crippen LogP contribution >= 0.6 is 0 Å². The Bertz CT molecular complexity index is 275. The van der Waals surface area contributed by atoms with Crippen LogP contribution in [-0.2, 0) is 10.0 Å². The van der Waals surface area contributed by atoms with Crippen LogP contribution in [-0.4, -0.2) is 43.8 Å². The van der Waals surface area contributed by atoms with Crippen molar-refractivity contribution in [2.24, 2.45) is 17.8 Å². The van der Waals surface area contributed by atoms with Crippen molar-refractivity contribution in [1.82, 2.24) is 4.31 Å². The third kappa shape index (κ3) is 1.16. The minimum absolute atomic E-state index is 0.215. The van der Waals surface area contributed by atoms with Gasteiger partial charge in [-0.05, 0) is 17.8 Å². The summed E-state index contributed by atoms with van der Waals surface area (Å²) in [6.45, 7) is 1.45. The number of aliphatic hydroxyl groups is 1. The normalized spacial score (nSPS) is 41.3. The van der Waals surface area contributed by atoms with Gasteiger partial charge < -0.3 is 5.11 Å². The van der Waals surface area contributed by atoms with Gasteiger partial charge in [-0.25, -0.2) is 12.7 Å². The van der Waals surface area contributed by atoms with Gasteiger partial charge in [0.2, 0.25) is 10.0 Å². The summed E-state index contributed by atoms with van der Waals surface area (Å²) in [5.74, 6) is 1.25. The number of aliphatic hydroxyl groups excluding tert-OH is 1. The Labute approximate surface area is 72.2 Å². The van der Waals surface area contributed by atoms with Gasteiger partial charge in [0.15, 0.2) is 0 Å². The molecule has 0 bridgehead atoms. The first-order chi connectivity index (χ1) is 5.54. The molecule has 0 amide bonds. The Hall–Kier alpha value is -0.130. The summed E-state index contributed by atoms with van der Waals surface area (Å²) in [5.41, 5.74) is 0. The minimum atomic E-state index is -2.98. The highest BCUT2D eigenvalue weighted by molar-refractivity contribution is 7.88.